The van der Waals surface area contributed by atoms with Crippen LogP contribution in [0.25, 0.3) is 11.1 Å². The van der Waals surface area contributed by atoms with Gasteiger partial charge in [0.2, 0.25) is 0 Å². The molecule has 0 saturated heterocycles. The Labute approximate surface area is 148 Å². The minimum atomic E-state index is -0.00684. The third-order valence-corrected chi connectivity index (χ3v) is 4.32. The van der Waals surface area contributed by atoms with Crippen LogP contribution in [0.5, 0.6) is 11.5 Å². The maximum Gasteiger partial charge on any atom is 0.253 e. The molecular weight excluding hydrogens is 318 g/mol. The minimum absolute atomic E-state index is 0.00684. The van der Waals surface area contributed by atoms with Crippen molar-refractivity contribution in [3.8, 4) is 22.6 Å². The molecule has 0 aromatic heterocycles. The summed E-state index contributed by atoms with van der Waals surface area (Å²) in [4.78, 5) is 14.1. The zero-order valence-corrected chi connectivity index (χ0v) is 15.0. The smallest absolute Gasteiger partial charge is 0.253 e. The van der Waals surface area contributed by atoms with Gasteiger partial charge in [-0.25, -0.2) is 0 Å². The molecule has 1 amide bonds. The number of ether oxygens (including phenoxy) is 3. The molecule has 0 unspecified atom stereocenters. The normalized spacial score (nSPS) is 14.3. The van der Waals surface area contributed by atoms with Crippen molar-refractivity contribution in [2.24, 2.45) is 0 Å². The standard InChI is InChI=1S/C20H23NO4/c1-13(2)21-17-7-5-14(9-16(17)11-25-12-20(21)22)15-6-8-18(23-3)19(10-15)24-4/h5-10,13H,11-12H2,1-4H3. The van der Waals surface area contributed by atoms with Crippen molar-refractivity contribution >= 4 is 11.6 Å². The average Bonchev–Trinajstić information content (AvgIpc) is 2.78. The fourth-order valence-electron chi connectivity index (χ4n) is 3.15. The molecule has 0 aliphatic carbocycles. The Morgan fingerprint density at radius 2 is 1.64 bits per heavy atom. The highest BCUT2D eigenvalue weighted by Crippen LogP contribution is 2.35. The SMILES string of the molecule is COc1ccc(-c2ccc3c(c2)COCC(=O)N3C(C)C)cc1OC. The first-order valence-electron chi connectivity index (χ1n) is 8.30. The largest absolute Gasteiger partial charge is 0.493 e. The van der Waals surface area contributed by atoms with Gasteiger partial charge in [-0.1, -0.05) is 12.1 Å². The maximum absolute atomic E-state index is 12.3. The molecule has 0 atom stereocenters. The third kappa shape index (κ3) is 3.33. The number of carbonyl (C=O) groups excluding carboxylic acids is 1. The number of anilines is 1. The second-order valence-electron chi connectivity index (χ2n) is 6.26. The summed E-state index contributed by atoms with van der Waals surface area (Å²) >= 11 is 0. The Bertz CT molecular complexity index is 785. The summed E-state index contributed by atoms with van der Waals surface area (Å²) in [5, 5.41) is 0. The first kappa shape index (κ1) is 17.3. The third-order valence-electron chi connectivity index (χ3n) is 4.32. The van der Waals surface area contributed by atoms with Crippen LogP contribution >= 0.6 is 0 Å². The minimum Gasteiger partial charge on any atom is -0.493 e. The molecule has 0 N–H and O–H groups in total. The van der Waals surface area contributed by atoms with Crippen LogP contribution in [0.3, 0.4) is 0 Å². The van der Waals surface area contributed by atoms with E-state index in [4.69, 9.17) is 14.2 Å². The molecule has 5 heteroatoms. The summed E-state index contributed by atoms with van der Waals surface area (Å²) in [5.41, 5.74) is 3.99. The molecule has 1 heterocycles. The predicted octanol–water partition coefficient (Wildman–Crippen LogP) is 3.64. The quantitative estimate of drug-likeness (QED) is 0.852. The fourth-order valence-corrected chi connectivity index (χ4v) is 3.15. The van der Waals surface area contributed by atoms with Gasteiger partial charge in [-0.3, -0.25) is 4.79 Å². The number of hydrogen-bond donors (Lipinski definition) is 0. The zero-order valence-electron chi connectivity index (χ0n) is 15.0. The second kappa shape index (κ2) is 7.15. The van der Waals surface area contributed by atoms with Crippen LogP contribution in [-0.2, 0) is 16.1 Å². The molecule has 0 saturated carbocycles. The summed E-state index contributed by atoms with van der Waals surface area (Å²) < 4.78 is 16.2. The van der Waals surface area contributed by atoms with E-state index in [-0.39, 0.29) is 18.6 Å². The lowest BCUT2D eigenvalue weighted by atomic mass is 10.0. The van der Waals surface area contributed by atoms with E-state index in [1.165, 1.54) is 0 Å². The number of rotatable bonds is 4. The topological polar surface area (TPSA) is 48.0 Å². The van der Waals surface area contributed by atoms with Gasteiger partial charge in [-0.15, -0.1) is 0 Å². The molecule has 2 aromatic carbocycles. The number of hydrogen-bond acceptors (Lipinski definition) is 4. The Kier molecular flexibility index (Phi) is 4.95. The van der Waals surface area contributed by atoms with Crippen LogP contribution in [0.4, 0.5) is 5.69 Å². The van der Waals surface area contributed by atoms with Crippen LogP contribution in [0.1, 0.15) is 19.4 Å². The summed E-state index contributed by atoms with van der Waals surface area (Å²) in [5.74, 6) is 1.37. The van der Waals surface area contributed by atoms with Gasteiger partial charge in [-0.05, 0) is 49.2 Å². The van der Waals surface area contributed by atoms with Gasteiger partial charge in [0.1, 0.15) is 6.61 Å². The highest BCUT2D eigenvalue weighted by molar-refractivity contribution is 5.96. The van der Waals surface area contributed by atoms with Gasteiger partial charge in [0, 0.05) is 17.3 Å². The summed E-state index contributed by atoms with van der Waals surface area (Å²) in [6.07, 6.45) is 0. The highest BCUT2D eigenvalue weighted by Gasteiger charge is 2.25. The second-order valence-corrected chi connectivity index (χ2v) is 6.26. The summed E-state index contributed by atoms with van der Waals surface area (Å²) in [7, 11) is 3.24. The van der Waals surface area contributed by atoms with Crippen molar-refractivity contribution in [1.82, 2.24) is 0 Å². The van der Waals surface area contributed by atoms with Crippen molar-refractivity contribution < 1.29 is 19.0 Å². The van der Waals surface area contributed by atoms with Gasteiger partial charge >= 0.3 is 0 Å². The van der Waals surface area contributed by atoms with Crippen LogP contribution in [-0.4, -0.2) is 32.8 Å². The van der Waals surface area contributed by atoms with Crippen molar-refractivity contribution in [3.05, 3.63) is 42.0 Å². The molecule has 0 radical (unpaired) electrons. The van der Waals surface area contributed by atoms with Crippen molar-refractivity contribution in [2.45, 2.75) is 26.5 Å². The Hall–Kier alpha value is -2.53. The molecule has 1 aliphatic rings. The number of amides is 1. The monoisotopic (exact) mass is 341 g/mol. The summed E-state index contributed by atoms with van der Waals surface area (Å²) in [6, 6.07) is 12.0. The van der Waals surface area contributed by atoms with Gasteiger partial charge in [0.05, 0.1) is 20.8 Å². The molecule has 2 aromatic rings. The number of nitrogens with zero attached hydrogens (tertiary/aromatic N) is 1. The van der Waals surface area contributed by atoms with Crippen LogP contribution < -0.4 is 14.4 Å². The predicted molar refractivity (Wildman–Crippen MR) is 97.3 cm³/mol. The molecular formula is C20H23NO4. The lowest BCUT2D eigenvalue weighted by molar-refractivity contribution is -0.123. The number of carbonyl (C=O) groups is 1. The van der Waals surface area contributed by atoms with Crippen LogP contribution in [0.2, 0.25) is 0 Å². The van der Waals surface area contributed by atoms with E-state index in [1.807, 2.05) is 44.2 Å². The lowest BCUT2D eigenvalue weighted by Crippen LogP contribution is -2.38. The molecule has 132 valence electrons. The van der Waals surface area contributed by atoms with Crippen LogP contribution in [0, 0.1) is 0 Å². The molecule has 3 rings (SSSR count). The van der Waals surface area contributed by atoms with E-state index in [0.29, 0.717) is 18.1 Å². The number of benzene rings is 2. The molecule has 1 aliphatic heterocycles. The number of methoxy groups -OCH3 is 2. The lowest BCUT2D eigenvalue weighted by Gasteiger charge is -2.26. The zero-order chi connectivity index (χ0) is 18.0. The Morgan fingerprint density at radius 1 is 0.960 bits per heavy atom. The molecule has 0 bridgehead atoms. The van der Waals surface area contributed by atoms with E-state index in [1.54, 1.807) is 19.1 Å². The first-order chi connectivity index (χ1) is 12.0. The van der Waals surface area contributed by atoms with Gasteiger partial charge in [0.15, 0.2) is 11.5 Å². The average molecular weight is 341 g/mol. The van der Waals surface area contributed by atoms with Gasteiger partial charge in [0.25, 0.3) is 5.91 Å². The molecule has 0 spiro atoms. The van der Waals surface area contributed by atoms with Gasteiger partial charge in [-0.2, -0.15) is 0 Å². The Balaban J connectivity index is 2.04. The van der Waals surface area contributed by atoms with E-state index in [0.717, 1.165) is 22.4 Å². The fraction of sp³-hybridized carbons (Fsp3) is 0.350. The molecule has 25 heavy (non-hydrogen) atoms. The van der Waals surface area contributed by atoms with Crippen LogP contribution in [0.15, 0.2) is 36.4 Å². The maximum atomic E-state index is 12.3. The number of fused-ring (bicyclic) bond motifs is 1. The van der Waals surface area contributed by atoms with Crippen molar-refractivity contribution in [3.63, 3.8) is 0 Å². The van der Waals surface area contributed by atoms with E-state index >= 15 is 0 Å². The van der Waals surface area contributed by atoms with Gasteiger partial charge < -0.3 is 19.1 Å². The van der Waals surface area contributed by atoms with Crippen molar-refractivity contribution in [2.75, 3.05) is 25.7 Å². The molecule has 0 fully saturated rings. The van der Waals surface area contributed by atoms with E-state index < -0.39 is 0 Å². The van der Waals surface area contributed by atoms with E-state index in [9.17, 15) is 4.79 Å². The van der Waals surface area contributed by atoms with Crippen molar-refractivity contribution in [1.29, 1.82) is 0 Å². The first-order valence-corrected chi connectivity index (χ1v) is 8.30. The highest BCUT2D eigenvalue weighted by atomic mass is 16.5. The molecule has 5 nitrogen and oxygen atoms in total. The Morgan fingerprint density at radius 3 is 2.32 bits per heavy atom. The van der Waals surface area contributed by atoms with E-state index in [2.05, 4.69) is 6.07 Å². The summed E-state index contributed by atoms with van der Waals surface area (Å²) in [6.45, 7) is 4.55.